The van der Waals surface area contributed by atoms with Crippen LogP contribution in [0.25, 0.3) is 0 Å². The fraction of sp³-hybridized carbons (Fsp3) is 0.583. The minimum absolute atomic E-state index is 0.0153. The molecule has 1 aromatic rings. The molecular weight excluding hydrogens is 268 g/mol. The van der Waals surface area contributed by atoms with Gasteiger partial charge in [-0.05, 0) is 19.5 Å². The maximum Gasteiger partial charge on any atom is 0.311 e. The summed E-state index contributed by atoms with van der Waals surface area (Å²) in [7, 11) is 0. The maximum atomic E-state index is 11.1. The van der Waals surface area contributed by atoms with E-state index in [9.17, 15) is 10.1 Å². The molecule has 2 heterocycles. The van der Waals surface area contributed by atoms with Crippen LogP contribution in [-0.2, 0) is 0 Å². The molecule has 1 fully saturated rings. The zero-order valence-corrected chi connectivity index (χ0v) is 11.8. The van der Waals surface area contributed by atoms with Crippen LogP contribution in [-0.4, -0.2) is 47.0 Å². The molecule has 0 N–H and O–H groups in total. The monoisotopic (exact) mass is 284 g/mol. The molecule has 1 aliphatic rings. The standard InChI is InChI=1S/C12H17ClN4O2/c1-3-15-6-7-16(8-9(15)2)12-10(17(18)19)4-5-11(13)14-12/h4-5,9H,3,6-8H2,1-2H3. The van der Waals surface area contributed by atoms with Gasteiger partial charge in [-0.2, -0.15) is 0 Å². The molecule has 0 spiro atoms. The Bertz CT molecular complexity index is 483. The molecule has 0 aromatic carbocycles. The van der Waals surface area contributed by atoms with Crippen molar-refractivity contribution < 1.29 is 4.92 Å². The Morgan fingerprint density at radius 1 is 1.53 bits per heavy atom. The molecule has 7 heteroatoms. The van der Waals surface area contributed by atoms with Crippen molar-refractivity contribution in [3.05, 3.63) is 27.4 Å². The number of hydrogen-bond donors (Lipinski definition) is 0. The minimum atomic E-state index is -0.407. The highest BCUT2D eigenvalue weighted by Gasteiger charge is 2.28. The number of nitrogens with zero attached hydrogens (tertiary/aromatic N) is 4. The Hall–Kier alpha value is -1.40. The lowest BCUT2D eigenvalue weighted by atomic mass is 10.2. The predicted octanol–water partition coefficient (Wildman–Crippen LogP) is 2.17. The van der Waals surface area contributed by atoms with Crippen LogP contribution in [0.4, 0.5) is 11.5 Å². The third-order valence-corrected chi connectivity index (χ3v) is 3.70. The summed E-state index contributed by atoms with van der Waals surface area (Å²) < 4.78 is 0. The number of pyridine rings is 1. The first-order valence-corrected chi connectivity index (χ1v) is 6.70. The molecule has 0 bridgehead atoms. The van der Waals surface area contributed by atoms with Gasteiger partial charge in [0.15, 0.2) is 0 Å². The zero-order chi connectivity index (χ0) is 14.0. The average Bonchev–Trinajstić information content (AvgIpc) is 2.38. The molecule has 1 aliphatic heterocycles. The molecule has 6 nitrogen and oxygen atoms in total. The van der Waals surface area contributed by atoms with Gasteiger partial charge in [-0.25, -0.2) is 4.98 Å². The van der Waals surface area contributed by atoms with Gasteiger partial charge in [0, 0.05) is 31.7 Å². The quantitative estimate of drug-likeness (QED) is 0.484. The van der Waals surface area contributed by atoms with Crippen molar-refractivity contribution in [3.8, 4) is 0 Å². The molecule has 104 valence electrons. The first-order chi connectivity index (χ1) is 9.02. The third kappa shape index (κ3) is 2.96. The van der Waals surface area contributed by atoms with E-state index in [2.05, 4.69) is 23.7 Å². The molecule has 0 radical (unpaired) electrons. The van der Waals surface area contributed by atoms with Crippen LogP contribution in [0, 0.1) is 10.1 Å². The molecule has 19 heavy (non-hydrogen) atoms. The number of piperazine rings is 1. The molecule has 1 aromatic heterocycles. The van der Waals surface area contributed by atoms with Crippen molar-refractivity contribution in [2.75, 3.05) is 31.1 Å². The summed E-state index contributed by atoms with van der Waals surface area (Å²) in [6.45, 7) is 7.55. The Morgan fingerprint density at radius 3 is 2.84 bits per heavy atom. The van der Waals surface area contributed by atoms with Crippen molar-refractivity contribution in [1.82, 2.24) is 9.88 Å². The van der Waals surface area contributed by atoms with E-state index in [1.807, 2.05) is 4.90 Å². The lowest BCUT2D eigenvalue weighted by molar-refractivity contribution is -0.384. The third-order valence-electron chi connectivity index (χ3n) is 3.49. The lowest BCUT2D eigenvalue weighted by Crippen LogP contribution is -2.52. The van der Waals surface area contributed by atoms with Crippen molar-refractivity contribution in [2.24, 2.45) is 0 Å². The van der Waals surface area contributed by atoms with E-state index in [4.69, 9.17) is 11.6 Å². The summed E-state index contributed by atoms with van der Waals surface area (Å²) in [6, 6.07) is 3.22. The van der Waals surface area contributed by atoms with Gasteiger partial charge in [-0.3, -0.25) is 15.0 Å². The smallest absolute Gasteiger partial charge is 0.311 e. The van der Waals surface area contributed by atoms with Gasteiger partial charge in [-0.15, -0.1) is 0 Å². The van der Waals surface area contributed by atoms with Crippen LogP contribution < -0.4 is 4.90 Å². The number of halogens is 1. The van der Waals surface area contributed by atoms with E-state index in [1.54, 1.807) is 0 Å². The molecule has 1 saturated heterocycles. The van der Waals surface area contributed by atoms with Gasteiger partial charge in [0.1, 0.15) is 5.15 Å². The summed E-state index contributed by atoms with van der Waals surface area (Å²) in [4.78, 5) is 19.1. The number of nitro groups is 1. The summed E-state index contributed by atoms with van der Waals surface area (Å²) in [5.74, 6) is 0.375. The average molecular weight is 285 g/mol. The van der Waals surface area contributed by atoms with Crippen molar-refractivity contribution >= 4 is 23.1 Å². The molecular formula is C12H17ClN4O2. The largest absolute Gasteiger partial charge is 0.348 e. The summed E-state index contributed by atoms with van der Waals surface area (Å²) >= 11 is 5.86. The fourth-order valence-corrected chi connectivity index (χ4v) is 2.59. The molecule has 1 atom stereocenters. The van der Waals surface area contributed by atoms with Crippen molar-refractivity contribution in [3.63, 3.8) is 0 Å². The number of likely N-dealkylation sites (N-methyl/N-ethyl adjacent to an activating group) is 1. The van der Waals surface area contributed by atoms with Crippen LogP contribution in [0.2, 0.25) is 5.15 Å². The van der Waals surface area contributed by atoms with E-state index in [1.165, 1.54) is 12.1 Å². The normalized spacial score (nSPS) is 20.6. The van der Waals surface area contributed by atoms with Crippen LogP contribution in [0.15, 0.2) is 12.1 Å². The topological polar surface area (TPSA) is 62.5 Å². The van der Waals surface area contributed by atoms with Crippen LogP contribution in [0.3, 0.4) is 0 Å². The number of aromatic nitrogens is 1. The maximum absolute atomic E-state index is 11.1. The molecule has 2 rings (SSSR count). The second-order valence-electron chi connectivity index (χ2n) is 4.66. The Labute approximate surface area is 117 Å². The first kappa shape index (κ1) is 14.0. The Morgan fingerprint density at radius 2 is 2.26 bits per heavy atom. The highest BCUT2D eigenvalue weighted by molar-refractivity contribution is 6.29. The van der Waals surface area contributed by atoms with Gasteiger partial charge < -0.3 is 4.90 Å². The van der Waals surface area contributed by atoms with E-state index in [0.29, 0.717) is 11.9 Å². The molecule has 0 aliphatic carbocycles. The van der Waals surface area contributed by atoms with E-state index < -0.39 is 4.92 Å². The van der Waals surface area contributed by atoms with Gasteiger partial charge >= 0.3 is 5.69 Å². The van der Waals surface area contributed by atoms with E-state index in [0.717, 1.165) is 26.2 Å². The predicted molar refractivity (Wildman–Crippen MR) is 74.8 cm³/mol. The Kier molecular flexibility index (Phi) is 4.21. The first-order valence-electron chi connectivity index (χ1n) is 6.33. The molecule has 0 amide bonds. The lowest BCUT2D eigenvalue weighted by Gasteiger charge is -2.39. The van der Waals surface area contributed by atoms with Crippen LogP contribution in [0.1, 0.15) is 13.8 Å². The second-order valence-corrected chi connectivity index (χ2v) is 5.04. The number of anilines is 1. The van der Waals surface area contributed by atoms with Crippen molar-refractivity contribution in [1.29, 1.82) is 0 Å². The van der Waals surface area contributed by atoms with Crippen LogP contribution >= 0.6 is 11.6 Å². The van der Waals surface area contributed by atoms with Gasteiger partial charge in [-0.1, -0.05) is 18.5 Å². The molecule has 1 unspecified atom stereocenters. The van der Waals surface area contributed by atoms with Gasteiger partial charge in [0.2, 0.25) is 5.82 Å². The SMILES string of the molecule is CCN1CCN(c2nc(Cl)ccc2[N+](=O)[O-])CC1C. The van der Waals surface area contributed by atoms with Gasteiger partial charge in [0.25, 0.3) is 0 Å². The van der Waals surface area contributed by atoms with E-state index in [-0.39, 0.29) is 10.8 Å². The number of hydrogen-bond acceptors (Lipinski definition) is 5. The highest BCUT2D eigenvalue weighted by atomic mass is 35.5. The van der Waals surface area contributed by atoms with Crippen LogP contribution in [0.5, 0.6) is 0 Å². The minimum Gasteiger partial charge on any atom is -0.348 e. The Balaban J connectivity index is 2.27. The number of rotatable bonds is 3. The van der Waals surface area contributed by atoms with Gasteiger partial charge in [0.05, 0.1) is 4.92 Å². The van der Waals surface area contributed by atoms with E-state index >= 15 is 0 Å². The summed E-state index contributed by atoms with van der Waals surface area (Å²) in [5, 5.41) is 11.3. The molecule has 0 saturated carbocycles. The highest BCUT2D eigenvalue weighted by Crippen LogP contribution is 2.29. The van der Waals surface area contributed by atoms with Crippen molar-refractivity contribution in [2.45, 2.75) is 19.9 Å². The fourth-order valence-electron chi connectivity index (χ4n) is 2.45. The second kappa shape index (κ2) is 5.71. The zero-order valence-electron chi connectivity index (χ0n) is 11.0. The summed E-state index contributed by atoms with van der Waals surface area (Å²) in [5.41, 5.74) is 0.0153. The summed E-state index contributed by atoms with van der Waals surface area (Å²) in [6.07, 6.45) is 0.